The van der Waals surface area contributed by atoms with E-state index in [0.717, 1.165) is 36.5 Å². The summed E-state index contributed by atoms with van der Waals surface area (Å²) in [6.45, 7) is 1.45. The van der Waals surface area contributed by atoms with Gasteiger partial charge in [-0.15, -0.1) is 11.3 Å². The minimum absolute atomic E-state index is 0.124. The Labute approximate surface area is 143 Å². The molecule has 0 aromatic carbocycles. The number of aryl methyl sites for hydroxylation is 1. The van der Waals surface area contributed by atoms with Gasteiger partial charge < -0.3 is 14.0 Å². The van der Waals surface area contributed by atoms with Crippen LogP contribution in [0.4, 0.5) is 0 Å². The van der Waals surface area contributed by atoms with Gasteiger partial charge in [-0.25, -0.2) is 0 Å². The molecule has 3 aromatic rings. The number of carbonyl (C=O) groups is 1. The molecule has 1 amide bonds. The van der Waals surface area contributed by atoms with Gasteiger partial charge in [0.05, 0.1) is 10.6 Å². The molecule has 0 bridgehead atoms. The molecule has 4 rings (SSSR count). The van der Waals surface area contributed by atoms with Gasteiger partial charge in [-0.3, -0.25) is 4.79 Å². The predicted octanol–water partition coefficient (Wildman–Crippen LogP) is 3.16. The molecule has 1 aliphatic rings. The average molecular weight is 342 g/mol. The van der Waals surface area contributed by atoms with Crippen LogP contribution in [0, 0.1) is 0 Å². The average Bonchev–Trinajstić information content (AvgIpc) is 3.35. The van der Waals surface area contributed by atoms with Crippen LogP contribution in [-0.4, -0.2) is 38.6 Å². The maximum Gasteiger partial charge on any atom is 0.263 e. The largest absolute Gasteiger partial charge is 0.348 e. The van der Waals surface area contributed by atoms with Crippen molar-refractivity contribution >= 4 is 17.2 Å². The summed E-state index contributed by atoms with van der Waals surface area (Å²) in [4.78, 5) is 19.7. The zero-order chi connectivity index (χ0) is 16.5. The first-order valence-electron chi connectivity index (χ1n) is 8.00. The van der Waals surface area contributed by atoms with E-state index in [9.17, 15) is 4.79 Å². The lowest BCUT2D eigenvalue weighted by Crippen LogP contribution is -2.37. The fraction of sp³-hybridized carbons (Fsp3) is 0.353. The van der Waals surface area contributed by atoms with Gasteiger partial charge in [-0.1, -0.05) is 11.2 Å². The smallest absolute Gasteiger partial charge is 0.263 e. The molecule has 24 heavy (non-hydrogen) atoms. The summed E-state index contributed by atoms with van der Waals surface area (Å²) in [5.41, 5.74) is 0.940. The number of rotatable bonds is 3. The molecule has 0 unspecified atom stereocenters. The van der Waals surface area contributed by atoms with E-state index in [1.165, 1.54) is 11.3 Å². The normalized spacial score (nSPS) is 15.8. The molecule has 3 aromatic heterocycles. The first-order valence-corrected chi connectivity index (χ1v) is 8.88. The minimum Gasteiger partial charge on any atom is -0.348 e. The lowest BCUT2D eigenvalue weighted by Gasteiger charge is -2.30. The number of hydrogen-bond donors (Lipinski definition) is 0. The molecule has 1 saturated heterocycles. The second kappa shape index (κ2) is 6.24. The van der Waals surface area contributed by atoms with Crippen molar-refractivity contribution in [2.75, 3.05) is 13.1 Å². The van der Waals surface area contributed by atoms with Gasteiger partial charge in [0.2, 0.25) is 11.7 Å². The van der Waals surface area contributed by atoms with Gasteiger partial charge in [0.1, 0.15) is 0 Å². The van der Waals surface area contributed by atoms with Crippen LogP contribution in [0.15, 0.2) is 40.4 Å². The van der Waals surface area contributed by atoms with Crippen LogP contribution in [0.1, 0.15) is 34.3 Å². The van der Waals surface area contributed by atoms with Crippen molar-refractivity contribution in [1.29, 1.82) is 0 Å². The molecule has 0 spiro atoms. The first kappa shape index (κ1) is 15.1. The highest BCUT2D eigenvalue weighted by Crippen LogP contribution is 2.29. The molecular formula is C17H18N4O2S. The first-order chi connectivity index (χ1) is 11.7. The summed E-state index contributed by atoms with van der Waals surface area (Å²) >= 11 is 1.49. The SMILES string of the molecule is Cn1cccc1-c1noc(C2CCN(C(=O)c3cccs3)CC2)n1. The fourth-order valence-electron chi connectivity index (χ4n) is 3.08. The third-order valence-corrected chi connectivity index (χ3v) is 5.34. The van der Waals surface area contributed by atoms with Gasteiger partial charge in [-0.05, 0) is 36.4 Å². The summed E-state index contributed by atoms with van der Waals surface area (Å²) < 4.78 is 7.44. The lowest BCUT2D eigenvalue weighted by molar-refractivity contribution is 0.0709. The van der Waals surface area contributed by atoms with Gasteiger partial charge >= 0.3 is 0 Å². The van der Waals surface area contributed by atoms with E-state index in [1.807, 2.05) is 52.4 Å². The summed E-state index contributed by atoms with van der Waals surface area (Å²) in [5.74, 6) is 1.64. The Hall–Kier alpha value is -2.41. The van der Waals surface area contributed by atoms with Gasteiger partial charge in [0.25, 0.3) is 5.91 Å². The van der Waals surface area contributed by atoms with Crippen LogP contribution < -0.4 is 0 Å². The van der Waals surface area contributed by atoms with E-state index in [-0.39, 0.29) is 11.8 Å². The third kappa shape index (κ3) is 2.75. The zero-order valence-corrected chi connectivity index (χ0v) is 14.2. The number of thiophene rings is 1. The molecule has 4 heterocycles. The second-order valence-electron chi connectivity index (χ2n) is 6.00. The van der Waals surface area contributed by atoms with E-state index in [1.54, 1.807) is 0 Å². The standard InChI is InChI=1S/C17H18N4O2S/c1-20-8-2-4-13(20)15-18-16(23-19-15)12-6-9-21(10-7-12)17(22)14-5-3-11-24-14/h2-5,8,11-12H,6-7,9-10H2,1H3. The molecule has 0 atom stereocenters. The molecule has 0 radical (unpaired) electrons. The molecular weight excluding hydrogens is 324 g/mol. The summed E-state index contributed by atoms with van der Waals surface area (Å²) in [6.07, 6.45) is 3.66. The molecule has 1 aliphatic heterocycles. The number of aromatic nitrogens is 3. The number of likely N-dealkylation sites (tertiary alicyclic amines) is 1. The van der Waals surface area contributed by atoms with Crippen LogP contribution in [0.2, 0.25) is 0 Å². The Kier molecular flexibility index (Phi) is 3.93. The van der Waals surface area contributed by atoms with Gasteiger partial charge in [-0.2, -0.15) is 4.98 Å². The Bertz CT molecular complexity index is 829. The van der Waals surface area contributed by atoms with Gasteiger partial charge in [0.15, 0.2) is 0 Å². The highest BCUT2D eigenvalue weighted by atomic mass is 32.1. The lowest BCUT2D eigenvalue weighted by atomic mass is 9.96. The number of nitrogens with zero attached hydrogens (tertiary/aromatic N) is 4. The third-order valence-electron chi connectivity index (χ3n) is 4.48. The summed E-state index contributed by atoms with van der Waals surface area (Å²) in [7, 11) is 1.96. The topological polar surface area (TPSA) is 64.2 Å². The van der Waals surface area contributed by atoms with E-state index in [4.69, 9.17) is 4.52 Å². The Morgan fingerprint density at radius 3 is 2.79 bits per heavy atom. The molecule has 7 heteroatoms. The highest BCUT2D eigenvalue weighted by Gasteiger charge is 2.28. The van der Waals surface area contributed by atoms with E-state index >= 15 is 0 Å². The number of piperidine rings is 1. The minimum atomic E-state index is 0.124. The predicted molar refractivity (Wildman–Crippen MR) is 90.9 cm³/mol. The summed E-state index contributed by atoms with van der Waals surface area (Å²) in [6, 6.07) is 7.72. The fourth-order valence-corrected chi connectivity index (χ4v) is 3.77. The maximum atomic E-state index is 12.4. The van der Waals surface area contributed by atoms with Crippen LogP contribution >= 0.6 is 11.3 Å². The molecule has 0 saturated carbocycles. The van der Waals surface area contributed by atoms with Crippen molar-refractivity contribution in [3.63, 3.8) is 0 Å². The Morgan fingerprint density at radius 1 is 1.29 bits per heavy atom. The van der Waals surface area contributed by atoms with Crippen molar-refractivity contribution < 1.29 is 9.32 Å². The summed E-state index contributed by atoms with van der Waals surface area (Å²) in [5, 5.41) is 6.04. The quantitative estimate of drug-likeness (QED) is 0.733. The van der Waals surface area contributed by atoms with Crippen LogP contribution in [-0.2, 0) is 7.05 Å². The van der Waals surface area contributed by atoms with Crippen molar-refractivity contribution in [2.24, 2.45) is 7.05 Å². The van der Waals surface area contributed by atoms with Crippen LogP contribution in [0.25, 0.3) is 11.5 Å². The van der Waals surface area contributed by atoms with Crippen LogP contribution in [0.3, 0.4) is 0 Å². The van der Waals surface area contributed by atoms with E-state index < -0.39 is 0 Å². The van der Waals surface area contributed by atoms with Crippen molar-refractivity contribution in [3.8, 4) is 11.5 Å². The second-order valence-corrected chi connectivity index (χ2v) is 6.95. The Morgan fingerprint density at radius 2 is 2.12 bits per heavy atom. The monoisotopic (exact) mass is 342 g/mol. The number of amides is 1. The van der Waals surface area contributed by atoms with Crippen LogP contribution in [0.5, 0.6) is 0 Å². The maximum absolute atomic E-state index is 12.4. The molecule has 6 nitrogen and oxygen atoms in total. The van der Waals surface area contributed by atoms with Gasteiger partial charge in [0, 0.05) is 32.3 Å². The number of carbonyl (C=O) groups excluding carboxylic acids is 1. The van der Waals surface area contributed by atoms with Crippen molar-refractivity contribution in [3.05, 3.63) is 46.6 Å². The van der Waals surface area contributed by atoms with E-state index in [0.29, 0.717) is 11.7 Å². The van der Waals surface area contributed by atoms with Crippen molar-refractivity contribution in [2.45, 2.75) is 18.8 Å². The zero-order valence-electron chi connectivity index (χ0n) is 13.4. The molecule has 1 fully saturated rings. The Balaban J connectivity index is 1.42. The van der Waals surface area contributed by atoms with Crippen molar-refractivity contribution in [1.82, 2.24) is 19.6 Å². The molecule has 0 aliphatic carbocycles. The number of hydrogen-bond acceptors (Lipinski definition) is 5. The highest BCUT2D eigenvalue weighted by molar-refractivity contribution is 7.12. The molecule has 0 N–H and O–H groups in total. The van der Waals surface area contributed by atoms with E-state index in [2.05, 4.69) is 10.1 Å². The molecule has 124 valence electrons.